The number of carbonyl (C=O) groups is 1. The second kappa shape index (κ2) is 12.3. The molecule has 0 saturated carbocycles. The normalized spacial score (nSPS) is 14.5. The molecule has 0 bridgehead atoms. The maximum atomic E-state index is 15.6. The first-order valence-corrected chi connectivity index (χ1v) is 13.8. The van der Waals surface area contributed by atoms with Crippen molar-refractivity contribution in [1.82, 2.24) is 20.3 Å². The minimum Gasteiger partial charge on any atom is -0.457 e. The first kappa shape index (κ1) is 31.1. The van der Waals surface area contributed by atoms with Crippen LogP contribution in [0, 0.1) is 18.3 Å². The molecule has 11 nitrogen and oxygen atoms in total. The van der Waals surface area contributed by atoms with Gasteiger partial charge < -0.3 is 25.6 Å². The van der Waals surface area contributed by atoms with E-state index in [1.807, 2.05) is 0 Å². The summed E-state index contributed by atoms with van der Waals surface area (Å²) in [5, 5.41) is 11.4. The van der Waals surface area contributed by atoms with Crippen LogP contribution in [-0.2, 0) is 4.79 Å². The van der Waals surface area contributed by atoms with Gasteiger partial charge in [0.2, 0.25) is 5.91 Å². The smallest absolute Gasteiger partial charge is 0.411 e. The third-order valence-corrected chi connectivity index (χ3v) is 7.68. The van der Waals surface area contributed by atoms with Gasteiger partial charge in [-0.3, -0.25) is 4.79 Å². The zero-order valence-electron chi connectivity index (χ0n) is 24.3. The lowest BCUT2D eigenvalue weighted by Crippen LogP contribution is -2.63. The van der Waals surface area contributed by atoms with E-state index in [-0.39, 0.29) is 54.3 Å². The number of aromatic nitrogens is 3. The van der Waals surface area contributed by atoms with Gasteiger partial charge in [-0.1, -0.05) is 6.58 Å². The summed E-state index contributed by atoms with van der Waals surface area (Å²) in [5.74, 6) is -0.295. The molecule has 1 fully saturated rings. The third-order valence-electron chi connectivity index (χ3n) is 7.68. The zero-order chi connectivity index (χ0) is 32.4. The number of fused-ring (bicyclic) bond motifs is 1. The van der Waals surface area contributed by atoms with Crippen molar-refractivity contribution in [2.45, 2.75) is 31.5 Å². The van der Waals surface area contributed by atoms with Gasteiger partial charge in [0.1, 0.15) is 40.4 Å². The second-order valence-corrected chi connectivity index (χ2v) is 10.3. The molecule has 234 valence electrons. The highest BCUT2D eigenvalue weighted by Gasteiger charge is 2.56. The Kier molecular flexibility index (Phi) is 8.53. The minimum atomic E-state index is -4.65. The third kappa shape index (κ3) is 6.18. The lowest BCUT2D eigenvalue weighted by Gasteiger charge is -2.43. The largest absolute Gasteiger partial charge is 0.457 e. The van der Waals surface area contributed by atoms with Crippen LogP contribution in [0.5, 0.6) is 11.5 Å². The second-order valence-electron chi connectivity index (χ2n) is 10.3. The molecule has 45 heavy (non-hydrogen) atoms. The number of alkyl halides is 3. The summed E-state index contributed by atoms with van der Waals surface area (Å²) >= 11 is 0. The standard InChI is InChI=1S/C30H29F4N9O2/c1-4-25(44)41-29(30(32,33)34)11-13-43(14-12-29)24-10-8-21-27(40-24)28(38-16-37-21)39-20-7-9-23(17(2)26(20)31)45-18-5-6-19(36-3)22(15-18)42-35/h4-10,15-16,35-36H,1,11-14H2,2-3H3,(H,41,44)(H,37,38,39). The number of ether oxygens (including phenoxy) is 1. The van der Waals surface area contributed by atoms with Crippen molar-refractivity contribution in [3.63, 3.8) is 0 Å². The molecule has 4 aromatic rings. The monoisotopic (exact) mass is 623 g/mol. The van der Waals surface area contributed by atoms with Crippen LogP contribution in [-0.4, -0.2) is 52.7 Å². The minimum absolute atomic E-state index is 0.0315. The highest BCUT2D eigenvalue weighted by atomic mass is 19.4. The van der Waals surface area contributed by atoms with Crippen LogP contribution in [0.25, 0.3) is 11.0 Å². The number of nitrogens with one attached hydrogen (secondary N) is 4. The summed E-state index contributed by atoms with van der Waals surface area (Å²) in [4.78, 5) is 26.5. The number of nitrogens with zero attached hydrogens (tertiary/aromatic N) is 5. The van der Waals surface area contributed by atoms with Crippen LogP contribution in [0.4, 0.5) is 46.3 Å². The summed E-state index contributed by atoms with van der Waals surface area (Å²) in [7, 11) is 1.70. The summed E-state index contributed by atoms with van der Waals surface area (Å²) in [6.45, 7) is 4.74. The molecule has 2 aromatic carbocycles. The van der Waals surface area contributed by atoms with Crippen LogP contribution in [0.1, 0.15) is 18.4 Å². The summed E-state index contributed by atoms with van der Waals surface area (Å²) < 4.78 is 63.4. The fraction of sp³-hybridized carbons (Fsp3) is 0.267. The summed E-state index contributed by atoms with van der Waals surface area (Å²) in [5.41, 5.74) is 7.00. The fourth-order valence-electron chi connectivity index (χ4n) is 5.09. The number of piperidine rings is 1. The Bertz CT molecular complexity index is 1770. The van der Waals surface area contributed by atoms with Crippen LogP contribution in [0.2, 0.25) is 0 Å². The topological polar surface area (TPSA) is 141 Å². The predicted octanol–water partition coefficient (Wildman–Crippen LogP) is 6.92. The van der Waals surface area contributed by atoms with Crippen molar-refractivity contribution >= 4 is 45.6 Å². The number of pyridine rings is 1. The van der Waals surface area contributed by atoms with Crippen LogP contribution in [0.15, 0.2) is 66.6 Å². The van der Waals surface area contributed by atoms with Gasteiger partial charge in [0.15, 0.2) is 11.6 Å². The Labute approximate surface area is 255 Å². The van der Waals surface area contributed by atoms with E-state index in [2.05, 4.69) is 42.6 Å². The van der Waals surface area contributed by atoms with E-state index in [4.69, 9.17) is 10.3 Å². The molecule has 0 aliphatic carbocycles. The molecule has 0 spiro atoms. The number of hydrogen-bond acceptors (Lipinski definition) is 10. The van der Waals surface area contributed by atoms with E-state index in [0.717, 1.165) is 6.08 Å². The van der Waals surface area contributed by atoms with Crippen molar-refractivity contribution in [2.75, 3.05) is 35.7 Å². The van der Waals surface area contributed by atoms with Gasteiger partial charge in [-0.2, -0.15) is 18.3 Å². The Hall–Kier alpha value is -5.34. The van der Waals surface area contributed by atoms with Crippen molar-refractivity contribution in [3.8, 4) is 11.5 Å². The summed E-state index contributed by atoms with van der Waals surface area (Å²) in [6, 6.07) is 11.3. The van der Waals surface area contributed by atoms with Gasteiger partial charge in [-0.05, 0) is 62.2 Å². The quantitative estimate of drug-likeness (QED) is 0.0895. The van der Waals surface area contributed by atoms with Gasteiger partial charge in [0, 0.05) is 31.8 Å². The van der Waals surface area contributed by atoms with Crippen LogP contribution >= 0.6 is 0 Å². The molecule has 0 atom stereocenters. The average Bonchev–Trinajstić information content (AvgIpc) is 3.04. The molecule has 5 rings (SSSR count). The first-order valence-electron chi connectivity index (χ1n) is 13.8. The predicted molar refractivity (Wildman–Crippen MR) is 161 cm³/mol. The lowest BCUT2D eigenvalue weighted by molar-refractivity contribution is -0.203. The van der Waals surface area contributed by atoms with Gasteiger partial charge in [0.25, 0.3) is 0 Å². The van der Waals surface area contributed by atoms with Gasteiger partial charge in [0.05, 0.1) is 16.9 Å². The molecule has 1 amide bonds. The molecule has 2 aromatic heterocycles. The van der Waals surface area contributed by atoms with E-state index in [9.17, 15) is 18.0 Å². The maximum absolute atomic E-state index is 15.6. The SMILES string of the molecule is C=CC(=O)NC1(C(F)(F)F)CCN(c2ccc3ncnc(Nc4ccc(Oc5ccc(NC)c(N=N)c5)c(C)c4F)c3n2)CC1. The molecule has 4 N–H and O–H groups in total. The van der Waals surface area contributed by atoms with Crippen molar-refractivity contribution in [2.24, 2.45) is 5.11 Å². The first-order chi connectivity index (χ1) is 21.5. The van der Waals surface area contributed by atoms with E-state index < -0.39 is 23.4 Å². The highest BCUT2D eigenvalue weighted by molar-refractivity contribution is 5.89. The van der Waals surface area contributed by atoms with Crippen molar-refractivity contribution in [1.29, 1.82) is 5.53 Å². The number of hydrogen-bond donors (Lipinski definition) is 4. The van der Waals surface area contributed by atoms with Crippen LogP contribution in [0.3, 0.4) is 0 Å². The number of rotatable bonds is 9. The van der Waals surface area contributed by atoms with Crippen LogP contribution < -0.4 is 25.6 Å². The Balaban J connectivity index is 1.38. The van der Waals surface area contributed by atoms with E-state index in [0.29, 0.717) is 28.5 Å². The zero-order valence-corrected chi connectivity index (χ0v) is 24.3. The van der Waals surface area contributed by atoms with E-state index in [1.54, 1.807) is 55.3 Å². The molecule has 1 aliphatic heterocycles. The number of anilines is 4. The number of halogens is 4. The molecule has 0 radical (unpaired) electrons. The summed E-state index contributed by atoms with van der Waals surface area (Å²) in [6.07, 6.45) is -3.31. The molecule has 1 aliphatic rings. The average molecular weight is 624 g/mol. The molecular weight excluding hydrogens is 594 g/mol. The van der Waals surface area contributed by atoms with Gasteiger partial charge >= 0.3 is 6.18 Å². The maximum Gasteiger partial charge on any atom is 0.411 e. The molecular formula is C30H29F4N9O2. The van der Waals surface area contributed by atoms with Gasteiger partial charge in [-0.15, -0.1) is 0 Å². The fourth-order valence-corrected chi connectivity index (χ4v) is 5.09. The van der Waals surface area contributed by atoms with E-state index in [1.165, 1.54) is 12.4 Å². The lowest BCUT2D eigenvalue weighted by atomic mass is 9.86. The van der Waals surface area contributed by atoms with Crippen molar-refractivity contribution < 1.29 is 27.1 Å². The number of benzene rings is 2. The van der Waals surface area contributed by atoms with Crippen molar-refractivity contribution in [3.05, 3.63) is 72.8 Å². The van der Waals surface area contributed by atoms with E-state index >= 15 is 4.39 Å². The highest BCUT2D eigenvalue weighted by Crippen LogP contribution is 2.40. The number of amides is 1. The van der Waals surface area contributed by atoms with Gasteiger partial charge in [-0.25, -0.2) is 24.9 Å². The molecule has 15 heteroatoms. The molecule has 3 heterocycles. The molecule has 1 saturated heterocycles. The Morgan fingerprint density at radius 1 is 1.13 bits per heavy atom. The Morgan fingerprint density at radius 3 is 2.53 bits per heavy atom. The Morgan fingerprint density at radius 2 is 1.87 bits per heavy atom. The number of carbonyl (C=O) groups excluding carboxylic acids is 1. The molecule has 0 unspecified atom stereocenters.